The molecule has 0 bridgehead atoms. The normalized spacial score (nSPS) is 10.7. The van der Waals surface area contributed by atoms with Gasteiger partial charge in [0.2, 0.25) is 0 Å². The van der Waals surface area contributed by atoms with Crippen LogP contribution in [-0.2, 0) is 13.0 Å². The van der Waals surface area contributed by atoms with E-state index in [1.165, 1.54) is 16.8 Å². The smallest absolute Gasteiger partial charge is 0.0714 e. The van der Waals surface area contributed by atoms with Crippen molar-refractivity contribution in [3.05, 3.63) is 42.1 Å². The first-order valence-electron chi connectivity index (χ1n) is 6.11. The molecule has 2 rings (SSSR count). The number of hydrogen-bond donors (Lipinski definition) is 1. The maximum Gasteiger partial charge on any atom is 0.0714 e. The average Bonchev–Trinajstić information content (AvgIpc) is 2.80. The van der Waals surface area contributed by atoms with Crippen LogP contribution in [0.4, 0.5) is 0 Å². The molecule has 0 aliphatic heterocycles. The molecule has 0 saturated heterocycles. The molecule has 0 atom stereocenters. The third kappa shape index (κ3) is 2.56. The van der Waals surface area contributed by atoms with Gasteiger partial charge in [0, 0.05) is 12.1 Å². The molecule has 1 aromatic heterocycles. The maximum atomic E-state index is 4.45. The van der Waals surface area contributed by atoms with Crippen LogP contribution in [0.1, 0.15) is 12.5 Å². The summed E-state index contributed by atoms with van der Waals surface area (Å²) in [4.78, 5) is 0. The SMILES string of the molecule is CCn1ncc(CCNC)c1-c1ccccc1. The second kappa shape index (κ2) is 5.64. The van der Waals surface area contributed by atoms with Crippen LogP contribution in [0.2, 0.25) is 0 Å². The number of nitrogens with zero attached hydrogens (tertiary/aromatic N) is 2. The lowest BCUT2D eigenvalue weighted by Gasteiger charge is -2.08. The molecule has 0 amide bonds. The van der Waals surface area contributed by atoms with Gasteiger partial charge >= 0.3 is 0 Å². The van der Waals surface area contributed by atoms with Crippen LogP contribution in [0.15, 0.2) is 36.5 Å². The number of nitrogens with one attached hydrogen (secondary N) is 1. The molecule has 17 heavy (non-hydrogen) atoms. The molecule has 0 unspecified atom stereocenters. The van der Waals surface area contributed by atoms with E-state index >= 15 is 0 Å². The van der Waals surface area contributed by atoms with Crippen molar-refractivity contribution in [1.82, 2.24) is 15.1 Å². The fraction of sp³-hybridized carbons (Fsp3) is 0.357. The largest absolute Gasteiger partial charge is 0.319 e. The van der Waals surface area contributed by atoms with Gasteiger partial charge in [-0.15, -0.1) is 0 Å². The molecule has 2 aromatic rings. The highest BCUT2D eigenvalue weighted by Gasteiger charge is 2.10. The van der Waals surface area contributed by atoms with Crippen molar-refractivity contribution in [2.45, 2.75) is 19.9 Å². The summed E-state index contributed by atoms with van der Waals surface area (Å²) in [7, 11) is 1.98. The van der Waals surface area contributed by atoms with Gasteiger partial charge < -0.3 is 5.32 Å². The minimum atomic E-state index is 0.907. The summed E-state index contributed by atoms with van der Waals surface area (Å²) < 4.78 is 2.07. The lowest BCUT2D eigenvalue weighted by atomic mass is 10.1. The standard InChI is InChI=1S/C14H19N3/c1-3-17-14(12-7-5-4-6-8-12)13(11-16-17)9-10-15-2/h4-8,11,15H,3,9-10H2,1-2H3. The Morgan fingerprint density at radius 3 is 2.65 bits per heavy atom. The van der Waals surface area contributed by atoms with E-state index in [4.69, 9.17) is 0 Å². The highest BCUT2D eigenvalue weighted by Crippen LogP contribution is 2.23. The van der Waals surface area contributed by atoms with Gasteiger partial charge in [0.25, 0.3) is 0 Å². The summed E-state index contributed by atoms with van der Waals surface area (Å²) in [5.74, 6) is 0. The third-order valence-electron chi connectivity index (χ3n) is 2.91. The van der Waals surface area contributed by atoms with Crippen LogP contribution in [0.3, 0.4) is 0 Å². The number of likely N-dealkylation sites (N-methyl/N-ethyl adjacent to an activating group) is 1. The molecule has 90 valence electrons. The molecule has 1 heterocycles. The monoisotopic (exact) mass is 229 g/mol. The Balaban J connectivity index is 2.39. The van der Waals surface area contributed by atoms with Crippen molar-refractivity contribution in [2.75, 3.05) is 13.6 Å². The number of rotatable bonds is 5. The first kappa shape index (κ1) is 11.9. The lowest BCUT2D eigenvalue weighted by molar-refractivity contribution is 0.666. The predicted molar refractivity (Wildman–Crippen MR) is 71.0 cm³/mol. The molecule has 1 aromatic carbocycles. The molecular formula is C14H19N3. The molecule has 0 saturated carbocycles. The Hall–Kier alpha value is -1.61. The topological polar surface area (TPSA) is 29.9 Å². The molecule has 3 heteroatoms. The summed E-state index contributed by atoms with van der Waals surface area (Å²) in [6.45, 7) is 4.01. The minimum absolute atomic E-state index is 0.907. The zero-order valence-corrected chi connectivity index (χ0v) is 10.5. The van der Waals surface area contributed by atoms with E-state index in [1.54, 1.807) is 0 Å². The average molecular weight is 229 g/mol. The molecule has 1 N–H and O–H groups in total. The van der Waals surface area contributed by atoms with Crippen LogP contribution in [0, 0.1) is 0 Å². The van der Waals surface area contributed by atoms with Gasteiger partial charge in [-0.3, -0.25) is 4.68 Å². The summed E-state index contributed by atoms with van der Waals surface area (Å²) >= 11 is 0. The second-order valence-corrected chi connectivity index (χ2v) is 4.05. The highest BCUT2D eigenvalue weighted by atomic mass is 15.3. The zero-order valence-electron chi connectivity index (χ0n) is 10.5. The number of benzene rings is 1. The summed E-state index contributed by atoms with van der Waals surface area (Å²) in [5, 5.41) is 7.64. The van der Waals surface area contributed by atoms with E-state index in [9.17, 15) is 0 Å². The number of aromatic nitrogens is 2. The highest BCUT2D eigenvalue weighted by molar-refractivity contribution is 5.63. The third-order valence-corrected chi connectivity index (χ3v) is 2.91. The molecule has 0 spiro atoms. The quantitative estimate of drug-likeness (QED) is 0.852. The number of aryl methyl sites for hydroxylation is 1. The van der Waals surface area contributed by atoms with Gasteiger partial charge in [-0.25, -0.2) is 0 Å². The molecule has 0 radical (unpaired) electrons. The van der Waals surface area contributed by atoms with Crippen LogP contribution in [-0.4, -0.2) is 23.4 Å². The Kier molecular flexibility index (Phi) is 3.94. The molecule has 0 aliphatic carbocycles. The van der Waals surface area contributed by atoms with Crippen molar-refractivity contribution in [3.8, 4) is 11.3 Å². The van der Waals surface area contributed by atoms with E-state index in [1.807, 2.05) is 19.3 Å². The number of hydrogen-bond acceptors (Lipinski definition) is 2. The Morgan fingerprint density at radius 2 is 2.00 bits per heavy atom. The summed E-state index contributed by atoms with van der Waals surface area (Å²) in [5.41, 5.74) is 3.81. The van der Waals surface area contributed by atoms with Crippen LogP contribution in [0.5, 0.6) is 0 Å². The minimum Gasteiger partial charge on any atom is -0.319 e. The van der Waals surface area contributed by atoms with E-state index in [0.29, 0.717) is 0 Å². The van der Waals surface area contributed by atoms with Crippen molar-refractivity contribution in [2.24, 2.45) is 0 Å². The van der Waals surface area contributed by atoms with E-state index < -0.39 is 0 Å². The van der Waals surface area contributed by atoms with Crippen molar-refractivity contribution in [1.29, 1.82) is 0 Å². The van der Waals surface area contributed by atoms with Crippen LogP contribution >= 0.6 is 0 Å². The molecule has 0 fully saturated rings. The van der Waals surface area contributed by atoms with Gasteiger partial charge in [0.15, 0.2) is 0 Å². The first-order valence-corrected chi connectivity index (χ1v) is 6.11. The van der Waals surface area contributed by atoms with Gasteiger partial charge in [0.05, 0.1) is 11.9 Å². The van der Waals surface area contributed by atoms with Crippen molar-refractivity contribution in [3.63, 3.8) is 0 Å². The predicted octanol–water partition coefficient (Wildman–Crippen LogP) is 2.33. The molecule has 0 aliphatic rings. The Labute approximate surface area is 102 Å². The second-order valence-electron chi connectivity index (χ2n) is 4.05. The fourth-order valence-corrected chi connectivity index (χ4v) is 2.04. The fourth-order valence-electron chi connectivity index (χ4n) is 2.04. The van der Waals surface area contributed by atoms with Gasteiger partial charge in [0.1, 0.15) is 0 Å². The summed E-state index contributed by atoms with van der Waals surface area (Å²) in [6, 6.07) is 10.5. The van der Waals surface area contributed by atoms with Crippen molar-refractivity contribution >= 4 is 0 Å². The van der Waals surface area contributed by atoms with Crippen molar-refractivity contribution < 1.29 is 0 Å². The maximum absolute atomic E-state index is 4.45. The van der Waals surface area contributed by atoms with Gasteiger partial charge in [-0.2, -0.15) is 5.10 Å². The Morgan fingerprint density at radius 1 is 1.24 bits per heavy atom. The van der Waals surface area contributed by atoms with E-state index in [0.717, 1.165) is 19.5 Å². The van der Waals surface area contributed by atoms with E-state index in [2.05, 4.69) is 46.3 Å². The lowest BCUT2D eigenvalue weighted by Crippen LogP contribution is -2.10. The first-order chi connectivity index (χ1) is 8.36. The van der Waals surface area contributed by atoms with Crippen LogP contribution < -0.4 is 5.32 Å². The van der Waals surface area contributed by atoms with E-state index in [-0.39, 0.29) is 0 Å². The Bertz CT molecular complexity index is 460. The zero-order chi connectivity index (χ0) is 12.1. The van der Waals surface area contributed by atoms with Crippen LogP contribution in [0.25, 0.3) is 11.3 Å². The van der Waals surface area contributed by atoms with Gasteiger partial charge in [-0.1, -0.05) is 30.3 Å². The summed E-state index contributed by atoms with van der Waals surface area (Å²) in [6.07, 6.45) is 3.00. The van der Waals surface area contributed by atoms with Gasteiger partial charge in [-0.05, 0) is 32.5 Å². The molecular weight excluding hydrogens is 210 g/mol. The molecule has 3 nitrogen and oxygen atoms in total.